The van der Waals surface area contributed by atoms with Gasteiger partial charge in [-0.2, -0.15) is 0 Å². The number of hydrogen-bond donors (Lipinski definition) is 0. The Morgan fingerprint density at radius 1 is 1.10 bits per heavy atom. The lowest BCUT2D eigenvalue weighted by Crippen LogP contribution is -2.40. The zero-order valence-corrected chi connectivity index (χ0v) is 18.7. The molecular formula is C23H35N5O2. The Morgan fingerprint density at radius 3 is 2.60 bits per heavy atom. The lowest BCUT2D eigenvalue weighted by atomic mass is 10.0. The first-order chi connectivity index (χ1) is 14.4. The van der Waals surface area contributed by atoms with Crippen LogP contribution in [-0.2, 0) is 16.0 Å². The molecule has 7 nitrogen and oxygen atoms in total. The molecule has 0 bridgehead atoms. The molecule has 0 unspecified atom stereocenters. The number of amides is 2. The summed E-state index contributed by atoms with van der Waals surface area (Å²) < 4.78 is 0. The first kappa shape index (κ1) is 21.2. The molecule has 2 fully saturated rings. The van der Waals surface area contributed by atoms with Gasteiger partial charge < -0.3 is 4.90 Å². The van der Waals surface area contributed by atoms with E-state index in [4.69, 9.17) is 9.97 Å². The molecule has 0 radical (unpaired) electrons. The fourth-order valence-electron chi connectivity index (χ4n) is 4.92. The van der Waals surface area contributed by atoms with Crippen molar-refractivity contribution in [3.63, 3.8) is 0 Å². The molecule has 4 rings (SSSR count). The van der Waals surface area contributed by atoms with Crippen molar-refractivity contribution in [3.05, 3.63) is 17.1 Å². The molecule has 1 aromatic heterocycles. The van der Waals surface area contributed by atoms with Gasteiger partial charge in [0.05, 0.1) is 12.6 Å². The van der Waals surface area contributed by atoms with Crippen molar-refractivity contribution in [2.45, 2.75) is 71.8 Å². The maximum Gasteiger partial charge on any atom is 0.236 e. The number of carbonyl (C=O) groups excluding carboxylic acids is 2. The third-order valence-corrected chi connectivity index (χ3v) is 6.74. The minimum atomic E-state index is 0.0598. The fraction of sp³-hybridized carbons (Fsp3) is 0.739. The maximum atomic E-state index is 12.7. The summed E-state index contributed by atoms with van der Waals surface area (Å²) in [6.07, 6.45) is 6.46. The van der Waals surface area contributed by atoms with Gasteiger partial charge in [0.25, 0.3) is 0 Å². The van der Waals surface area contributed by atoms with Gasteiger partial charge in [-0.1, -0.05) is 13.8 Å². The molecule has 30 heavy (non-hydrogen) atoms. The second-order valence-electron chi connectivity index (χ2n) is 9.41. The standard InChI is InChI=1S/C23H35N5O2/c1-16(2)10-14-28-20(29)9-8-18-17(3)24-22(25-23(18)28)19-7-6-13-27(19)15-21(30)26-11-4-5-12-26/h16,19H,4-15H2,1-3H3/t19-/m1/s1. The van der Waals surface area contributed by atoms with Crippen LogP contribution in [0.15, 0.2) is 0 Å². The summed E-state index contributed by atoms with van der Waals surface area (Å²) in [4.78, 5) is 41.3. The van der Waals surface area contributed by atoms with Gasteiger partial charge in [-0.05, 0) is 57.9 Å². The van der Waals surface area contributed by atoms with Crippen molar-refractivity contribution in [1.82, 2.24) is 19.8 Å². The van der Waals surface area contributed by atoms with Crippen LogP contribution in [0.5, 0.6) is 0 Å². The highest BCUT2D eigenvalue weighted by molar-refractivity contribution is 5.95. The van der Waals surface area contributed by atoms with Crippen molar-refractivity contribution >= 4 is 17.6 Å². The number of rotatable bonds is 6. The highest BCUT2D eigenvalue weighted by Crippen LogP contribution is 2.34. The average Bonchev–Trinajstić information content (AvgIpc) is 3.39. The highest BCUT2D eigenvalue weighted by Gasteiger charge is 2.34. The van der Waals surface area contributed by atoms with Gasteiger partial charge in [0.2, 0.25) is 11.8 Å². The van der Waals surface area contributed by atoms with Gasteiger partial charge in [-0.15, -0.1) is 0 Å². The number of likely N-dealkylation sites (tertiary alicyclic amines) is 2. The van der Waals surface area contributed by atoms with E-state index < -0.39 is 0 Å². The van der Waals surface area contributed by atoms with Crippen LogP contribution in [0.1, 0.15) is 75.5 Å². The van der Waals surface area contributed by atoms with Crippen molar-refractivity contribution in [2.75, 3.05) is 37.6 Å². The SMILES string of the molecule is Cc1nc([C@H]2CCCN2CC(=O)N2CCCC2)nc2c1CCC(=O)N2CCC(C)C. The Labute approximate surface area is 179 Å². The molecule has 4 heterocycles. The lowest BCUT2D eigenvalue weighted by Gasteiger charge is -2.31. The van der Waals surface area contributed by atoms with Gasteiger partial charge >= 0.3 is 0 Å². The topological polar surface area (TPSA) is 69.6 Å². The molecule has 2 amide bonds. The van der Waals surface area contributed by atoms with E-state index in [2.05, 4.69) is 18.7 Å². The minimum Gasteiger partial charge on any atom is -0.342 e. The second-order valence-corrected chi connectivity index (χ2v) is 9.41. The second kappa shape index (κ2) is 9.00. The van der Waals surface area contributed by atoms with Crippen LogP contribution < -0.4 is 4.90 Å². The molecular weight excluding hydrogens is 378 g/mol. The Morgan fingerprint density at radius 2 is 1.87 bits per heavy atom. The molecule has 164 valence electrons. The fourth-order valence-corrected chi connectivity index (χ4v) is 4.92. The summed E-state index contributed by atoms with van der Waals surface area (Å²) in [7, 11) is 0. The van der Waals surface area contributed by atoms with E-state index in [0.29, 0.717) is 25.4 Å². The smallest absolute Gasteiger partial charge is 0.236 e. The van der Waals surface area contributed by atoms with Crippen molar-refractivity contribution in [2.24, 2.45) is 5.92 Å². The van der Waals surface area contributed by atoms with E-state index >= 15 is 0 Å². The zero-order chi connectivity index (χ0) is 21.3. The lowest BCUT2D eigenvalue weighted by molar-refractivity contribution is -0.131. The van der Waals surface area contributed by atoms with Gasteiger partial charge in [-0.3, -0.25) is 19.4 Å². The Kier molecular flexibility index (Phi) is 6.37. The number of carbonyl (C=O) groups is 2. The van der Waals surface area contributed by atoms with Gasteiger partial charge in [0, 0.05) is 37.3 Å². The first-order valence-electron chi connectivity index (χ1n) is 11.6. The minimum absolute atomic E-state index is 0.0598. The monoisotopic (exact) mass is 413 g/mol. The Hall–Kier alpha value is -2.02. The summed E-state index contributed by atoms with van der Waals surface area (Å²) in [5.41, 5.74) is 2.09. The highest BCUT2D eigenvalue weighted by atomic mass is 16.2. The number of aromatic nitrogens is 2. The van der Waals surface area contributed by atoms with E-state index in [9.17, 15) is 9.59 Å². The largest absolute Gasteiger partial charge is 0.342 e. The maximum absolute atomic E-state index is 12.7. The van der Waals surface area contributed by atoms with Crippen LogP contribution >= 0.6 is 0 Å². The van der Waals surface area contributed by atoms with E-state index in [1.165, 1.54) is 0 Å². The zero-order valence-electron chi connectivity index (χ0n) is 18.7. The summed E-state index contributed by atoms with van der Waals surface area (Å²) in [5, 5.41) is 0. The third-order valence-electron chi connectivity index (χ3n) is 6.74. The predicted octanol–water partition coefficient (Wildman–Crippen LogP) is 2.87. The number of fused-ring (bicyclic) bond motifs is 1. The van der Waals surface area contributed by atoms with Crippen molar-refractivity contribution in [1.29, 1.82) is 0 Å². The molecule has 2 saturated heterocycles. The molecule has 0 saturated carbocycles. The predicted molar refractivity (Wildman–Crippen MR) is 116 cm³/mol. The molecule has 1 aromatic rings. The molecule has 0 N–H and O–H groups in total. The molecule has 7 heteroatoms. The quantitative estimate of drug-likeness (QED) is 0.717. The van der Waals surface area contributed by atoms with Gasteiger partial charge in [0.15, 0.2) is 0 Å². The summed E-state index contributed by atoms with van der Waals surface area (Å²) in [6.45, 7) is 10.2. The van der Waals surface area contributed by atoms with Crippen LogP contribution in [0.25, 0.3) is 0 Å². The molecule has 0 aliphatic carbocycles. The number of aryl methyl sites for hydroxylation is 1. The summed E-state index contributed by atoms with van der Waals surface area (Å²) >= 11 is 0. The molecule has 0 aromatic carbocycles. The molecule has 3 aliphatic heterocycles. The van der Waals surface area contributed by atoms with E-state index in [-0.39, 0.29) is 17.9 Å². The van der Waals surface area contributed by atoms with Crippen LogP contribution in [-0.4, -0.2) is 64.3 Å². The summed E-state index contributed by atoms with van der Waals surface area (Å²) in [6, 6.07) is 0.0598. The van der Waals surface area contributed by atoms with Gasteiger partial charge in [0.1, 0.15) is 11.6 Å². The van der Waals surface area contributed by atoms with E-state index in [1.54, 1.807) is 0 Å². The Bertz CT molecular complexity index is 803. The van der Waals surface area contributed by atoms with Crippen LogP contribution in [0.3, 0.4) is 0 Å². The Balaban J connectivity index is 1.57. The molecule has 3 aliphatic rings. The van der Waals surface area contributed by atoms with Crippen LogP contribution in [0.4, 0.5) is 5.82 Å². The number of nitrogens with zero attached hydrogens (tertiary/aromatic N) is 5. The number of hydrogen-bond acceptors (Lipinski definition) is 5. The average molecular weight is 414 g/mol. The van der Waals surface area contributed by atoms with E-state index in [1.807, 2.05) is 16.7 Å². The van der Waals surface area contributed by atoms with Crippen LogP contribution in [0.2, 0.25) is 0 Å². The van der Waals surface area contributed by atoms with Crippen LogP contribution in [0, 0.1) is 12.8 Å². The number of anilines is 1. The first-order valence-corrected chi connectivity index (χ1v) is 11.6. The third kappa shape index (κ3) is 4.36. The molecule has 0 spiro atoms. The normalized spacial score (nSPS) is 22.3. The van der Waals surface area contributed by atoms with Crippen molar-refractivity contribution in [3.8, 4) is 0 Å². The van der Waals surface area contributed by atoms with E-state index in [0.717, 1.165) is 81.1 Å². The van der Waals surface area contributed by atoms with Crippen molar-refractivity contribution < 1.29 is 9.59 Å². The van der Waals surface area contributed by atoms with Gasteiger partial charge in [-0.25, -0.2) is 9.97 Å². The molecule has 1 atom stereocenters. The summed E-state index contributed by atoms with van der Waals surface area (Å²) in [5.74, 6) is 2.52.